The number of primary amides is 1. The molecule has 0 aliphatic heterocycles. The van der Waals surface area contributed by atoms with E-state index in [-0.39, 0.29) is 5.88 Å². The molecule has 1 aromatic heterocycles. The molecule has 1 amide bonds. The van der Waals surface area contributed by atoms with Crippen molar-refractivity contribution in [2.75, 3.05) is 0 Å². The van der Waals surface area contributed by atoms with Gasteiger partial charge in [-0.2, -0.15) is 0 Å². The second kappa shape index (κ2) is 5.82. The molecule has 1 aromatic carbocycles. The first kappa shape index (κ1) is 12.8. The molecule has 2 aromatic rings. The molecule has 2 rings (SSSR count). The Labute approximate surface area is 111 Å². The van der Waals surface area contributed by atoms with Crippen LogP contribution in [0.4, 0.5) is 4.79 Å². The largest absolute Gasteiger partial charge is 0.411 e. The van der Waals surface area contributed by atoms with E-state index in [2.05, 4.69) is 4.98 Å². The van der Waals surface area contributed by atoms with E-state index in [4.69, 9.17) is 10.5 Å². The van der Waals surface area contributed by atoms with Crippen LogP contribution in [0.15, 0.2) is 42.5 Å². The molecule has 0 aliphatic carbocycles. The van der Waals surface area contributed by atoms with Crippen LogP contribution in [-0.2, 0) is 0 Å². The summed E-state index contributed by atoms with van der Waals surface area (Å²) < 4.78 is 4.72. The lowest BCUT2D eigenvalue weighted by Gasteiger charge is -2.03. The lowest BCUT2D eigenvalue weighted by Crippen LogP contribution is -2.17. The molecule has 4 nitrogen and oxygen atoms in total. The van der Waals surface area contributed by atoms with E-state index in [0.717, 1.165) is 16.8 Å². The van der Waals surface area contributed by atoms with Crippen LogP contribution in [0, 0.1) is 6.92 Å². The highest BCUT2D eigenvalue weighted by atomic mass is 16.6. The van der Waals surface area contributed by atoms with Gasteiger partial charge in [0.15, 0.2) is 0 Å². The summed E-state index contributed by atoms with van der Waals surface area (Å²) in [4.78, 5) is 14.8. The zero-order chi connectivity index (χ0) is 13.7. The zero-order valence-corrected chi connectivity index (χ0v) is 10.5. The van der Waals surface area contributed by atoms with E-state index in [0.29, 0.717) is 0 Å². The predicted molar refractivity (Wildman–Crippen MR) is 74.6 cm³/mol. The van der Waals surface area contributed by atoms with Crippen LogP contribution in [0.1, 0.15) is 16.8 Å². The Kier molecular flexibility index (Phi) is 3.93. The number of nitrogens with zero attached hydrogens (tertiary/aromatic N) is 1. The highest BCUT2D eigenvalue weighted by Gasteiger charge is 2.02. The van der Waals surface area contributed by atoms with Crippen molar-refractivity contribution in [2.45, 2.75) is 6.92 Å². The standard InChI is InChI=1S/C15H14N2O2/c1-11-13(8-7-12-5-3-2-4-6-12)9-10-14(17-11)19-15(16)18/h2-10H,1H3,(H2,16,18)/b8-7+. The Morgan fingerprint density at radius 1 is 1.16 bits per heavy atom. The quantitative estimate of drug-likeness (QED) is 0.915. The number of aromatic nitrogens is 1. The average Bonchev–Trinajstić information content (AvgIpc) is 2.38. The van der Waals surface area contributed by atoms with E-state index in [1.165, 1.54) is 0 Å². The van der Waals surface area contributed by atoms with E-state index in [1.807, 2.05) is 55.5 Å². The second-order valence-electron chi connectivity index (χ2n) is 3.99. The van der Waals surface area contributed by atoms with Crippen molar-refractivity contribution in [3.8, 4) is 5.88 Å². The number of hydrogen-bond donors (Lipinski definition) is 1. The van der Waals surface area contributed by atoms with Gasteiger partial charge in [-0.25, -0.2) is 9.78 Å². The first-order valence-corrected chi connectivity index (χ1v) is 5.83. The molecule has 0 saturated heterocycles. The monoisotopic (exact) mass is 254 g/mol. The molecule has 0 spiro atoms. The first-order valence-electron chi connectivity index (χ1n) is 5.83. The van der Waals surface area contributed by atoms with E-state index in [1.54, 1.807) is 6.07 Å². The van der Waals surface area contributed by atoms with Gasteiger partial charge in [0.05, 0.1) is 0 Å². The fraction of sp³-hybridized carbons (Fsp3) is 0.0667. The molecule has 0 aliphatic rings. The summed E-state index contributed by atoms with van der Waals surface area (Å²) in [7, 11) is 0. The van der Waals surface area contributed by atoms with Gasteiger partial charge >= 0.3 is 6.09 Å². The molecule has 0 saturated carbocycles. The van der Waals surface area contributed by atoms with Crippen LogP contribution in [-0.4, -0.2) is 11.1 Å². The molecule has 0 fully saturated rings. The number of benzene rings is 1. The summed E-state index contributed by atoms with van der Waals surface area (Å²) in [5.74, 6) is 0.210. The Morgan fingerprint density at radius 2 is 1.89 bits per heavy atom. The lowest BCUT2D eigenvalue weighted by atomic mass is 10.1. The van der Waals surface area contributed by atoms with Gasteiger partial charge in [-0.15, -0.1) is 0 Å². The number of ether oxygens (including phenoxy) is 1. The number of pyridine rings is 1. The fourth-order valence-electron chi connectivity index (χ4n) is 1.63. The van der Waals surface area contributed by atoms with Gasteiger partial charge in [0.25, 0.3) is 0 Å². The van der Waals surface area contributed by atoms with Gasteiger partial charge in [0.1, 0.15) is 0 Å². The molecule has 1 heterocycles. The summed E-state index contributed by atoms with van der Waals surface area (Å²) in [6.07, 6.45) is 3.10. The van der Waals surface area contributed by atoms with Crippen LogP contribution in [0.2, 0.25) is 0 Å². The molecular weight excluding hydrogens is 240 g/mol. The SMILES string of the molecule is Cc1nc(OC(N)=O)ccc1/C=C/c1ccccc1. The van der Waals surface area contributed by atoms with Crippen molar-refractivity contribution in [1.29, 1.82) is 0 Å². The summed E-state index contributed by atoms with van der Waals surface area (Å²) in [5, 5.41) is 0. The second-order valence-corrected chi connectivity index (χ2v) is 3.99. The Morgan fingerprint density at radius 3 is 2.53 bits per heavy atom. The smallest absolute Gasteiger partial charge is 0.391 e. The first-order chi connectivity index (χ1) is 9.15. The maximum atomic E-state index is 10.6. The number of amides is 1. The maximum Gasteiger partial charge on any atom is 0.411 e. The van der Waals surface area contributed by atoms with Gasteiger partial charge < -0.3 is 10.5 Å². The highest BCUT2D eigenvalue weighted by molar-refractivity contribution is 5.71. The van der Waals surface area contributed by atoms with E-state index in [9.17, 15) is 4.79 Å². The molecule has 19 heavy (non-hydrogen) atoms. The number of aryl methyl sites for hydroxylation is 1. The van der Waals surface area contributed by atoms with Crippen LogP contribution in [0.3, 0.4) is 0 Å². The van der Waals surface area contributed by atoms with Crippen molar-refractivity contribution in [3.63, 3.8) is 0 Å². The van der Waals surface area contributed by atoms with Crippen LogP contribution >= 0.6 is 0 Å². The Hall–Kier alpha value is -2.62. The molecule has 0 unspecified atom stereocenters. The molecule has 0 bridgehead atoms. The molecule has 2 N–H and O–H groups in total. The van der Waals surface area contributed by atoms with Crippen LogP contribution in [0.25, 0.3) is 12.2 Å². The van der Waals surface area contributed by atoms with Crippen molar-refractivity contribution in [2.24, 2.45) is 5.73 Å². The summed E-state index contributed by atoms with van der Waals surface area (Å²) in [6, 6.07) is 13.4. The van der Waals surface area contributed by atoms with Crippen molar-refractivity contribution in [3.05, 3.63) is 59.3 Å². The van der Waals surface area contributed by atoms with Gasteiger partial charge in [-0.05, 0) is 24.1 Å². The normalized spacial score (nSPS) is 10.6. The van der Waals surface area contributed by atoms with Crippen molar-refractivity contribution >= 4 is 18.2 Å². The van der Waals surface area contributed by atoms with Crippen LogP contribution < -0.4 is 10.5 Å². The van der Waals surface area contributed by atoms with Gasteiger partial charge in [0.2, 0.25) is 5.88 Å². The van der Waals surface area contributed by atoms with Crippen LogP contribution in [0.5, 0.6) is 5.88 Å². The summed E-state index contributed by atoms with van der Waals surface area (Å²) in [5.41, 5.74) is 7.77. The Balaban J connectivity index is 2.18. The number of carbonyl (C=O) groups excluding carboxylic acids is 1. The molecule has 0 atom stereocenters. The molecular formula is C15H14N2O2. The molecule has 4 heteroatoms. The minimum Gasteiger partial charge on any atom is -0.391 e. The van der Waals surface area contributed by atoms with E-state index >= 15 is 0 Å². The third-order valence-corrected chi connectivity index (χ3v) is 2.56. The maximum absolute atomic E-state index is 10.6. The predicted octanol–water partition coefficient (Wildman–Crippen LogP) is 3.02. The van der Waals surface area contributed by atoms with Gasteiger partial charge in [0, 0.05) is 11.8 Å². The summed E-state index contributed by atoms with van der Waals surface area (Å²) >= 11 is 0. The van der Waals surface area contributed by atoms with Gasteiger partial charge in [-0.1, -0.05) is 42.5 Å². The minimum absolute atomic E-state index is 0.210. The topological polar surface area (TPSA) is 65.2 Å². The zero-order valence-electron chi connectivity index (χ0n) is 10.5. The number of hydrogen-bond acceptors (Lipinski definition) is 3. The van der Waals surface area contributed by atoms with Gasteiger partial charge in [-0.3, -0.25) is 0 Å². The van der Waals surface area contributed by atoms with Crippen molar-refractivity contribution in [1.82, 2.24) is 4.98 Å². The minimum atomic E-state index is -0.862. The molecule has 0 radical (unpaired) electrons. The fourth-order valence-corrected chi connectivity index (χ4v) is 1.63. The summed E-state index contributed by atoms with van der Waals surface area (Å²) in [6.45, 7) is 1.85. The third kappa shape index (κ3) is 3.67. The highest BCUT2D eigenvalue weighted by Crippen LogP contribution is 2.15. The van der Waals surface area contributed by atoms with E-state index < -0.39 is 6.09 Å². The number of carbonyl (C=O) groups is 1. The molecule has 96 valence electrons. The average molecular weight is 254 g/mol. The van der Waals surface area contributed by atoms with Crippen molar-refractivity contribution < 1.29 is 9.53 Å². The lowest BCUT2D eigenvalue weighted by molar-refractivity contribution is 0.209. The third-order valence-electron chi connectivity index (χ3n) is 2.56. The number of rotatable bonds is 3. The number of nitrogens with two attached hydrogens (primary N) is 1. The Bertz CT molecular complexity index is 607.